The van der Waals surface area contributed by atoms with Gasteiger partial charge in [-0.1, -0.05) is 0 Å². The average molecular weight is 287 g/mol. The normalized spacial score (nSPS) is 9.95. The van der Waals surface area contributed by atoms with Gasteiger partial charge in [0.25, 0.3) is 5.91 Å². The quantitative estimate of drug-likeness (QED) is 0.769. The minimum Gasteiger partial charge on any atom is -0.495 e. The van der Waals surface area contributed by atoms with E-state index < -0.39 is 11.8 Å². The molecular formula is C14H13N3O4. The van der Waals surface area contributed by atoms with E-state index in [1.54, 1.807) is 0 Å². The highest BCUT2D eigenvalue weighted by Gasteiger charge is 2.12. The molecule has 0 bridgehead atoms. The first-order valence-corrected chi connectivity index (χ1v) is 5.99. The van der Waals surface area contributed by atoms with E-state index in [9.17, 15) is 14.4 Å². The SMILES string of the molecule is COc1ccc(C(N)=O)cc1NC(=O)c1cc[nH]c(=O)c1. The summed E-state index contributed by atoms with van der Waals surface area (Å²) in [5, 5.41) is 2.58. The summed E-state index contributed by atoms with van der Waals surface area (Å²) in [6.45, 7) is 0. The number of pyridine rings is 1. The Balaban J connectivity index is 2.33. The van der Waals surface area contributed by atoms with Crippen LogP contribution in [-0.2, 0) is 0 Å². The molecular weight excluding hydrogens is 274 g/mol. The molecule has 1 aromatic heterocycles. The van der Waals surface area contributed by atoms with Crippen molar-refractivity contribution < 1.29 is 14.3 Å². The molecule has 7 heteroatoms. The van der Waals surface area contributed by atoms with Gasteiger partial charge in [0.2, 0.25) is 11.5 Å². The van der Waals surface area contributed by atoms with Crippen molar-refractivity contribution in [3.8, 4) is 5.75 Å². The molecule has 0 aliphatic rings. The Morgan fingerprint density at radius 3 is 2.57 bits per heavy atom. The molecule has 0 spiro atoms. The summed E-state index contributed by atoms with van der Waals surface area (Å²) in [6, 6.07) is 7.05. The topological polar surface area (TPSA) is 114 Å². The molecule has 0 fully saturated rings. The first-order chi connectivity index (χ1) is 10.0. The van der Waals surface area contributed by atoms with E-state index in [1.165, 1.54) is 43.6 Å². The van der Waals surface area contributed by atoms with Gasteiger partial charge in [-0.05, 0) is 24.3 Å². The molecule has 0 saturated carbocycles. The van der Waals surface area contributed by atoms with Gasteiger partial charge in [0.05, 0.1) is 12.8 Å². The number of aromatic nitrogens is 1. The summed E-state index contributed by atoms with van der Waals surface area (Å²) < 4.78 is 5.11. The second-order valence-electron chi connectivity index (χ2n) is 4.18. The van der Waals surface area contributed by atoms with Crippen LogP contribution in [0.15, 0.2) is 41.3 Å². The molecule has 0 aliphatic heterocycles. The van der Waals surface area contributed by atoms with E-state index in [4.69, 9.17) is 10.5 Å². The Hall–Kier alpha value is -3.09. The molecule has 1 aromatic carbocycles. The van der Waals surface area contributed by atoms with Crippen molar-refractivity contribution in [3.63, 3.8) is 0 Å². The third-order valence-corrected chi connectivity index (χ3v) is 2.77. The number of amides is 2. The number of nitrogens with one attached hydrogen (secondary N) is 2. The second kappa shape index (κ2) is 5.91. The predicted octanol–water partition coefficient (Wildman–Crippen LogP) is 0.735. The highest BCUT2D eigenvalue weighted by atomic mass is 16.5. The third-order valence-electron chi connectivity index (χ3n) is 2.77. The largest absolute Gasteiger partial charge is 0.495 e. The van der Waals surface area contributed by atoms with Gasteiger partial charge >= 0.3 is 0 Å². The Kier molecular flexibility index (Phi) is 4.03. The van der Waals surface area contributed by atoms with Gasteiger partial charge in [-0.15, -0.1) is 0 Å². The Morgan fingerprint density at radius 1 is 1.19 bits per heavy atom. The summed E-state index contributed by atoms with van der Waals surface area (Å²) >= 11 is 0. The van der Waals surface area contributed by atoms with Crippen LogP contribution in [0.25, 0.3) is 0 Å². The summed E-state index contributed by atoms with van der Waals surface area (Å²) in [7, 11) is 1.43. The Bertz CT molecular complexity index is 752. The molecule has 0 aliphatic carbocycles. The fraction of sp³-hybridized carbons (Fsp3) is 0.0714. The van der Waals surface area contributed by atoms with Gasteiger partial charge in [0, 0.05) is 23.4 Å². The van der Waals surface area contributed by atoms with Crippen molar-refractivity contribution in [2.45, 2.75) is 0 Å². The van der Waals surface area contributed by atoms with Gasteiger partial charge in [0.1, 0.15) is 5.75 Å². The molecule has 2 aromatic rings. The highest BCUT2D eigenvalue weighted by molar-refractivity contribution is 6.05. The fourth-order valence-electron chi connectivity index (χ4n) is 1.74. The lowest BCUT2D eigenvalue weighted by atomic mass is 10.1. The number of aromatic amines is 1. The zero-order chi connectivity index (χ0) is 15.4. The summed E-state index contributed by atoms with van der Waals surface area (Å²) in [4.78, 5) is 36.9. The van der Waals surface area contributed by atoms with E-state index in [0.717, 1.165) is 0 Å². The van der Waals surface area contributed by atoms with Crippen LogP contribution >= 0.6 is 0 Å². The lowest BCUT2D eigenvalue weighted by molar-refractivity contribution is 0.0996. The first-order valence-electron chi connectivity index (χ1n) is 5.99. The molecule has 0 unspecified atom stereocenters. The molecule has 7 nitrogen and oxygen atoms in total. The first kappa shape index (κ1) is 14.3. The van der Waals surface area contributed by atoms with E-state index in [1.807, 2.05) is 0 Å². The van der Waals surface area contributed by atoms with Gasteiger partial charge in [-0.2, -0.15) is 0 Å². The Morgan fingerprint density at radius 2 is 1.95 bits per heavy atom. The van der Waals surface area contributed by atoms with Gasteiger partial charge in [0.15, 0.2) is 0 Å². The van der Waals surface area contributed by atoms with Crippen molar-refractivity contribution in [2.75, 3.05) is 12.4 Å². The maximum Gasteiger partial charge on any atom is 0.256 e. The number of methoxy groups -OCH3 is 1. The van der Waals surface area contributed by atoms with Crippen molar-refractivity contribution in [1.29, 1.82) is 0 Å². The van der Waals surface area contributed by atoms with Crippen molar-refractivity contribution >= 4 is 17.5 Å². The zero-order valence-corrected chi connectivity index (χ0v) is 11.2. The minimum absolute atomic E-state index is 0.185. The smallest absolute Gasteiger partial charge is 0.256 e. The number of carbonyl (C=O) groups is 2. The molecule has 108 valence electrons. The van der Waals surface area contributed by atoms with E-state index in [-0.39, 0.29) is 16.7 Å². The van der Waals surface area contributed by atoms with Crippen LogP contribution in [0.1, 0.15) is 20.7 Å². The fourth-order valence-corrected chi connectivity index (χ4v) is 1.74. The number of primary amides is 1. The standard InChI is InChI=1S/C14H13N3O4/c1-21-11-3-2-8(13(15)19)6-10(11)17-14(20)9-4-5-16-12(18)7-9/h2-7H,1H3,(H2,15,19)(H,16,18)(H,17,20). The summed E-state index contributed by atoms with van der Waals surface area (Å²) in [5.41, 5.74) is 5.52. The molecule has 0 saturated heterocycles. The predicted molar refractivity (Wildman–Crippen MR) is 76.5 cm³/mol. The van der Waals surface area contributed by atoms with Gasteiger partial charge in [-0.3, -0.25) is 14.4 Å². The monoisotopic (exact) mass is 287 g/mol. The van der Waals surface area contributed by atoms with Crippen LogP contribution in [0.3, 0.4) is 0 Å². The van der Waals surface area contributed by atoms with E-state index >= 15 is 0 Å². The van der Waals surface area contributed by atoms with Crippen molar-refractivity contribution in [1.82, 2.24) is 4.98 Å². The van der Waals surface area contributed by atoms with Crippen LogP contribution in [0, 0.1) is 0 Å². The van der Waals surface area contributed by atoms with Gasteiger partial charge in [-0.25, -0.2) is 0 Å². The van der Waals surface area contributed by atoms with E-state index in [0.29, 0.717) is 11.4 Å². The highest BCUT2D eigenvalue weighted by Crippen LogP contribution is 2.25. The lowest BCUT2D eigenvalue weighted by Crippen LogP contribution is -2.17. The molecule has 21 heavy (non-hydrogen) atoms. The average Bonchev–Trinajstić information content (AvgIpc) is 2.47. The van der Waals surface area contributed by atoms with Crippen LogP contribution in [0.4, 0.5) is 5.69 Å². The Labute approximate surface area is 119 Å². The maximum atomic E-state index is 12.1. The summed E-state index contributed by atoms with van der Waals surface area (Å²) in [6.07, 6.45) is 1.37. The van der Waals surface area contributed by atoms with Crippen LogP contribution in [0.5, 0.6) is 5.75 Å². The lowest BCUT2D eigenvalue weighted by Gasteiger charge is -2.11. The number of hydrogen-bond acceptors (Lipinski definition) is 4. The van der Waals surface area contributed by atoms with Crippen LogP contribution in [0.2, 0.25) is 0 Å². The van der Waals surface area contributed by atoms with E-state index in [2.05, 4.69) is 10.3 Å². The number of nitrogens with two attached hydrogens (primary N) is 1. The third kappa shape index (κ3) is 3.27. The molecule has 0 radical (unpaired) electrons. The summed E-state index contributed by atoms with van der Waals surface area (Å²) in [5.74, 6) is -0.747. The number of carbonyl (C=O) groups excluding carboxylic acids is 2. The zero-order valence-electron chi connectivity index (χ0n) is 11.2. The molecule has 0 atom stereocenters. The number of hydrogen-bond donors (Lipinski definition) is 3. The molecule has 1 heterocycles. The molecule has 2 rings (SSSR count). The number of anilines is 1. The van der Waals surface area contributed by atoms with Crippen LogP contribution < -0.4 is 21.3 Å². The van der Waals surface area contributed by atoms with Crippen molar-refractivity contribution in [3.05, 3.63) is 58.0 Å². The second-order valence-corrected chi connectivity index (χ2v) is 4.18. The number of H-pyrrole nitrogens is 1. The van der Waals surface area contributed by atoms with Crippen LogP contribution in [-0.4, -0.2) is 23.9 Å². The molecule has 2 amide bonds. The number of rotatable bonds is 4. The number of benzene rings is 1. The molecule has 4 N–H and O–H groups in total. The maximum absolute atomic E-state index is 12.1. The number of ether oxygens (including phenoxy) is 1. The van der Waals surface area contributed by atoms with Gasteiger partial charge < -0.3 is 20.8 Å². The van der Waals surface area contributed by atoms with Crippen molar-refractivity contribution in [2.24, 2.45) is 5.73 Å². The minimum atomic E-state index is -0.621.